The summed E-state index contributed by atoms with van der Waals surface area (Å²) < 4.78 is 33.7. The third-order valence-corrected chi connectivity index (χ3v) is 14.6. The van der Waals surface area contributed by atoms with Crippen molar-refractivity contribution in [1.29, 1.82) is 5.26 Å². The summed E-state index contributed by atoms with van der Waals surface area (Å²) in [5, 5.41) is 63.2. The van der Waals surface area contributed by atoms with Crippen molar-refractivity contribution in [3.8, 4) is 73.3 Å². The van der Waals surface area contributed by atoms with E-state index in [0.29, 0.717) is 114 Å². The first-order valence-electron chi connectivity index (χ1n) is 27.6. The number of thioether (sulfide) groups is 1. The van der Waals surface area contributed by atoms with E-state index in [-0.39, 0.29) is 111 Å². The van der Waals surface area contributed by atoms with E-state index in [9.17, 15) is 54.3 Å². The molecule has 0 aliphatic carbocycles. The van der Waals surface area contributed by atoms with Gasteiger partial charge in [-0.3, -0.25) is 19.5 Å². The number of carboxylic acid groups (broad SMARTS) is 5. The van der Waals surface area contributed by atoms with Crippen LogP contribution in [0.4, 0.5) is 0 Å². The molecule has 0 saturated carbocycles. The van der Waals surface area contributed by atoms with Gasteiger partial charge in [0.1, 0.15) is 57.0 Å². The van der Waals surface area contributed by atoms with Crippen LogP contribution in [0.2, 0.25) is 0 Å². The van der Waals surface area contributed by atoms with Crippen molar-refractivity contribution in [2.24, 2.45) is 0 Å². The van der Waals surface area contributed by atoms with Crippen molar-refractivity contribution < 1.29 is 121 Å². The fourth-order valence-electron chi connectivity index (χ4n) is 9.76. The van der Waals surface area contributed by atoms with Crippen molar-refractivity contribution in [3.63, 3.8) is 0 Å². The molecule has 1 aliphatic heterocycles. The Hall–Kier alpha value is -9.04. The first-order valence-corrected chi connectivity index (χ1v) is 28.4. The number of ether oxygens (including phenoxy) is 6. The average Bonchev–Trinajstić information content (AvgIpc) is 1.26. The Morgan fingerprint density at radius 3 is 1.16 bits per heavy atom. The van der Waals surface area contributed by atoms with Crippen LogP contribution >= 0.6 is 11.8 Å². The van der Waals surface area contributed by atoms with Crippen LogP contribution in [0.1, 0.15) is 54.1 Å². The SMILES string of the molecule is COc1cc(OCC(=O)O)ccc1-c1cc(CN2CCN(Cc3cc(-c4ccc(OCC(=O)O)cc4OC)cc(C(=O)O)n3)CCN(Cc3cc(-c4ccc(OCC(=O)NCCc5ccc(SC#N)cc5)cc4OC)cc(C(=O)O)n3)CC2)nc(C(=O)O)c1.[Tb+3]. The molecule has 6 N–H and O–H groups in total. The molecule has 0 atom stereocenters. The van der Waals surface area contributed by atoms with Gasteiger partial charge >= 0.3 is 68.5 Å². The molecule has 27 heteroatoms. The number of thiocyanates is 1. The van der Waals surface area contributed by atoms with Gasteiger partial charge in [-0.2, -0.15) is 5.26 Å². The Kier molecular flexibility index (Phi) is 25.1. The molecule has 4 aromatic carbocycles. The minimum Gasteiger partial charge on any atom is -0.496 e. The molecule has 0 bridgehead atoms. The topological polar surface area (TPSA) is 343 Å². The largest absolute Gasteiger partial charge is 3.00 e. The molecule has 1 aliphatic rings. The summed E-state index contributed by atoms with van der Waals surface area (Å²) >= 11 is 1.06. The molecule has 1 saturated heterocycles. The molecule has 468 valence electrons. The Bertz CT molecular complexity index is 3650. The van der Waals surface area contributed by atoms with E-state index in [1.807, 2.05) is 29.7 Å². The fraction of sp³-hybridized carbons (Fsp3) is 0.270. The van der Waals surface area contributed by atoms with E-state index in [0.717, 1.165) is 22.2 Å². The van der Waals surface area contributed by atoms with Crippen LogP contribution in [0.3, 0.4) is 0 Å². The summed E-state index contributed by atoms with van der Waals surface area (Å²) in [5.74, 6) is -4.89. The second-order valence-electron chi connectivity index (χ2n) is 20.1. The van der Waals surface area contributed by atoms with E-state index < -0.39 is 43.1 Å². The molecule has 0 radical (unpaired) electrons. The molecular formula is C63H62N8O17STb+3. The maximum Gasteiger partial charge on any atom is 3.00 e. The maximum absolute atomic E-state index is 12.8. The number of aromatic nitrogens is 3. The molecule has 0 spiro atoms. The number of nitrogens with zero attached hydrogens (tertiary/aromatic N) is 7. The van der Waals surface area contributed by atoms with Crippen molar-refractivity contribution in [2.45, 2.75) is 31.0 Å². The second-order valence-corrected chi connectivity index (χ2v) is 21.0. The van der Waals surface area contributed by atoms with Gasteiger partial charge in [0.05, 0.1) is 38.4 Å². The number of carboxylic acids is 5. The number of aliphatic carboxylic acids is 2. The zero-order valence-electron chi connectivity index (χ0n) is 48.9. The summed E-state index contributed by atoms with van der Waals surface area (Å²) in [5.41, 5.74) is 4.29. The van der Waals surface area contributed by atoms with Crippen molar-refractivity contribution in [3.05, 3.63) is 155 Å². The number of aromatic carboxylic acids is 3. The number of benzene rings is 4. The average molecular weight is 1390 g/mol. The molecule has 3 aromatic heterocycles. The first-order chi connectivity index (χ1) is 42.9. The molecular weight excluding hydrogens is 1330 g/mol. The Labute approximate surface area is 551 Å². The Morgan fingerprint density at radius 2 is 0.844 bits per heavy atom. The van der Waals surface area contributed by atoms with Crippen LogP contribution in [-0.2, 0) is 40.4 Å². The third-order valence-electron chi connectivity index (χ3n) is 14.0. The van der Waals surface area contributed by atoms with Gasteiger partial charge in [0.15, 0.2) is 19.8 Å². The van der Waals surface area contributed by atoms with E-state index >= 15 is 0 Å². The van der Waals surface area contributed by atoms with Crippen LogP contribution in [0.5, 0.6) is 34.5 Å². The number of methoxy groups -OCH3 is 3. The van der Waals surface area contributed by atoms with E-state index in [4.69, 9.17) is 33.7 Å². The molecule has 8 rings (SSSR count). The molecule has 4 heterocycles. The van der Waals surface area contributed by atoms with Crippen LogP contribution < -0.4 is 33.7 Å². The van der Waals surface area contributed by atoms with Gasteiger partial charge in [-0.25, -0.2) is 38.9 Å². The third kappa shape index (κ3) is 19.5. The van der Waals surface area contributed by atoms with E-state index in [1.165, 1.54) is 51.7 Å². The van der Waals surface area contributed by atoms with Gasteiger partial charge in [0.25, 0.3) is 5.91 Å². The maximum atomic E-state index is 12.8. The second kappa shape index (κ2) is 33.0. The van der Waals surface area contributed by atoms with E-state index in [1.54, 1.807) is 60.7 Å². The van der Waals surface area contributed by atoms with Crippen molar-refractivity contribution in [2.75, 3.05) is 87.0 Å². The number of hydrogen-bond donors (Lipinski definition) is 6. The Morgan fingerprint density at radius 1 is 0.500 bits per heavy atom. The first kappa shape index (κ1) is 68.4. The fourth-order valence-corrected chi connectivity index (χ4v) is 10.1. The van der Waals surface area contributed by atoms with Gasteiger partial charge in [-0.15, -0.1) is 0 Å². The summed E-state index contributed by atoms with van der Waals surface area (Å²) in [6, 6.07) is 31.3. The number of carbonyl (C=O) groups excluding carboxylic acids is 1. The normalized spacial score (nSPS) is 12.8. The molecule has 0 unspecified atom stereocenters. The van der Waals surface area contributed by atoms with Crippen LogP contribution in [0, 0.1) is 49.3 Å². The number of rotatable bonds is 28. The Balaban J connectivity index is 0.0000115. The number of nitriles is 1. The predicted molar refractivity (Wildman–Crippen MR) is 322 cm³/mol. The van der Waals surface area contributed by atoms with Crippen LogP contribution in [0.15, 0.2) is 120 Å². The monoisotopic (exact) mass is 1390 g/mol. The number of nitrogens with one attached hydrogen (secondary N) is 1. The molecule has 1 fully saturated rings. The van der Waals surface area contributed by atoms with Crippen molar-refractivity contribution >= 4 is 47.5 Å². The molecule has 1 amide bonds. The summed E-state index contributed by atoms with van der Waals surface area (Å²) in [6.45, 7) is 1.64. The van der Waals surface area contributed by atoms with Crippen molar-refractivity contribution in [1.82, 2.24) is 35.0 Å². The summed E-state index contributed by atoms with van der Waals surface area (Å²) in [4.78, 5) is 94.1. The predicted octanol–water partition coefficient (Wildman–Crippen LogP) is 7.05. The van der Waals surface area contributed by atoms with Gasteiger partial charge in [0, 0.05) is 105 Å². The zero-order valence-corrected chi connectivity index (χ0v) is 51.8. The summed E-state index contributed by atoms with van der Waals surface area (Å²) in [7, 11) is 4.29. The van der Waals surface area contributed by atoms with Crippen LogP contribution in [-0.4, -0.2) is 178 Å². The van der Waals surface area contributed by atoms with Gasteiger partial charge in [-0.1, -0.05) is 12.1 Å². The number of carbonyl (C=O) groups is 6. The minimum atomic E-state index is -1.29. The number of amides is 1. The summed E-state index contributed by atoms with van der Waals surface area (Å²) in [6.07, 6.45) is 0.568. The van der Waals surface area contributed by atoms with E-state index in [2.05, 4.69) is 35.0 Å². The zero-order chi connectivity index (χ0) is 63.6. The molecule has 25 nitrogen and oxygen atoms in total. The molecule has 7 aromatic rings. The smallest absolute Gasteiger partial charge is 0.496 e. The number of hydrogen-bond acceptors (Lipinski definition) is 20. The standard InChI is InChI=1S/C63H62N8O17S.Tb/c1-83-55-28-45(86-34-58(72)65-15-14-38-4-9-48(10-5-38)89-37-64)6-11-49(55)39-22-42(66-52(25-39)61(77)78)31-69-16-18-70(32-43-23-40(26-53(67-43)62(79)80)50-12-7-46(29-56(50)84-2)87-35-59(73)74)20-21-71(19-17-69)33-44-24-41(27-54(68-44)63(81)82)51-13-8-47(30-57(51)85-3)88-36-60(75)76;/h4-13,22-30H,14-21,31-36H2,1-3H3,(H,65,72)(H,73,74)(H,75,76)(H,77,78)(H,79,80)(H,81,82);/q;+3. The van der Waals surface area contributed by atoms with Crippen LogP contribution in [0.25, 0.3) is 33.4 Å². The van der Waals surface area contributed by atoms with Gasteiger partial charge in [-0.05, 0) is 125 Å². The number of pyridine rings is 3. The minimum absolute atomic E-state index is 0. The van der Waals surface area contributed by atoms with Gasteiger partial charge < -0.3 is 59.3 Å². The quantitative estimate of drug-likeness (QED) is 0.0211. The van der Waals surface area contributed by atoms with Gasteiger partial charge in [0.2, 0.25) is 0 Å². The molecule has 90 heavy (non-hydrogen) atoms.